The largest absolute Gasteiger partial charge is 0.317 e. The Bertz CT molecular complexity index is 158. The fraction of sp³-hybridized carbons (Fsp3) is 1.00. The van der Waals surface area contributed by atoms with Crippen LogP contribution in [0, 0.1) is 5.92 Å². The van der Waals surface area contributed by atoms with E-state index < -0.39 is 0 Å². The van der Waals surface area contributed by atoms with Crippen LogP contribution in [0.5, 0.6) is 0 Å². The molecule has 2 N–H and O–H groups in total. The molecule has 0 atom stereocenters. The first kappa shape index (κ1) is 11.4. The van der Waals surface area contributed by atoms with Gasteiger partial charge in [-0.1, -0.05) is 0 Å². The van der Waals surface area contributed by atoms with Crippen LogP contribution >= 0.6 is 0 Å². The van der Waals surface area contributed by atoms with Crippen LogP contribution in [0.1, 0.15) is 25.7 Å². The number of piperidine rings is 1. The molecule has 2 aliphatic heterocycles. The Morgan fingerprint density at radius 3 is 2.60 bits per heavy atom. The summed E-state index contributed by atoms with van der Waals surface area (Å²) in [4.78, 5) is 2.64. The van der Waals surface area contributed by atoms with Crippen LogP contribution in [0.4, 0.5) is 0 Å². The van der Waals surface area contributed by atoms with E-state index in [0.717, 1.165) is 5.92 Å². The maximum absolute atomic E-state index is 3.46. The lowest BCUT2D eigenvalue weighted by Crippen LogP contribution is -2.33. The summed E-state index contributed by atoms with van der Waals surface area (Å²) in [6.07, 6.45) is 5.53. The van der Waals surface area contributed by atoms with E-state index in [4.69, 9.17) is 0 Å². The molecule has 0 unspecified atom stereocenters. The summed E-state index contributed by atoms with van der Waals surface area (Å²) in [5.41, 5.74) is 0. The maximum Gasteiger partial charge on any atom is 0.0107 e. The zero-order chi connectivity index (χ0) is 10.3. The Balaban J connectivity index is 1.62. The lowest BCUT2D eigenvalue weighted by Gasteiger charge is -2.26. The van der Waals surface area contributed by atoms with Crippen molar-refractivity contribution in [3.05, 3.63) is 0 Å². The first-order chi connectivity index (χ1) is 7.45. The van der Waals surface area contributed by atoms with E-state index in [1.165, 1.54) is 71.5 Å². The molecular weight excluding hydrogens is 186 g/mol. The quantitative estimate of drug-likeness (QED) is 0.718. The molecule has 0 aromatic heterocycles. The van der Waals surface area contributed by atoms with E-state index in [1.807, 2.05) is 0 Å². The van der Waals surface area contributed by atoms with Gasteiger partial charge in [-0.2, -0.15) is 0 Å². The Morgan fingerprint density at radius 2 is 1.73 bits per heavy atom. The number of rotatable bonds is 3. The molecule has 0 amide bonds. The van der Waals surface area contributed by atoms with Crippen LogP contribution in [0.3, 0.4) is 0 Å². The third kappa shape index (κ3) is 4.09. The van der Waals surface area contributed by atoms with Gasteiger partial charge in [0.15, 0.2) is 0 Å². The van der Waals surface area contributed by atoms with E-state index in [-0.39, 0.29) is 0 Å². The molecule has 2 fully saturated rings. The third-order valence-electron chi connectivity index (χ3n) is 3.75. The Morgan fingerprint density at radius 1 is 0.933 bits per heavy atom. The summed E-state index contributed by atoms with van der Waals surface area (Å²) in [5.74, 6) is 0.988. The minimum Gasteiger partial charge on any atom is -0.317 e. The van der Waals surface area contributed by atoms with E-state index in [2.05, 4.69) is 15.5 Å². The predicted octanol–water partition coefficient (Wildman–Crippen LogP) is 0.671. The Kier molecular flexibility index (Phi) is 4.90. The number of hydrogen-bond donors (Lipinski definition) is 2. The summed E-state index contributed by atoms with van der Waals surface area (Å²) < 4.78 is 0. The highest BCUT2D eigenvalue weighted by atomic mass is 15.1. The zero-order valence-electron chi connectivity index (χ0n) is 9.80. The van der Waals surface area contributed by atoms with Gasteiger partial charge in [-0.3, -0.25) is 0 Å². The molecule has 2 rings (SSSR count). The van der Waals surface area contributed by atoms with E-state index in [1.54, 1.807) is 0 Å². The summed E-state index contributed by atoms with van der Waals surface area (Å²) in [5, 5.41) is 6.90. The molecule has 2 heterocycles. The number of nitrogens with one attached hydrogen (secondary N) is 2. The van der Waals surface area contributed by atoms with Gasteiger partial charge in [-0.05, 0) is 64.3 Å². The van der Waals surface area contributed by atoms with Gasteiger partial charge in [-0.15, -0.1) is 0 Å². The van der Waals surface area contributed by atoms with Gasteiger partial charge in [-0.25, -0.2) is 0 Å². The second kappa shape index (κ2) is 6.46. The van der Waals surface area contributed by atoms with E-state index >= 15 is 0 Å². The van der Waals surface area contributed by atoms with Gasteiger partial charge in [0.2, 0.25) is 0 Å². The molecule has 0 saturated carbocycles. The van der Waals surface area contributed by atoms with Crippen molar-refractivity contribution in [1.29, 1.82) is 0 Å². The minimum absolute atomic E-state index is 0.988. The molecule has 0 aromatic carbocycles. The lowest BCUT2D eigenvalue weighted by molar-refractivity contribution is 0.247. The Labute approximate surface area is 93.6 Å². The van der Waals surface area contributed by atoms with Crippen molar-refractivity contribution in [3.8, 4) is 0 Å². The monoisotopic (exact) mass is 211 g/mol. The predicted molar refractivity (Wildman–Crippen MR) is 64.1 cm³/mol. The fourth-order valence-electron chi connectivity index (χ4n) is 2.66. The van der Waals surface area contributed by atoms with Gasteiger partial charge < -0.3 is 15.5 Å². The molecule has 15 heavy (non-hydrogen) atoms. The van der Waals surface area contributed by atoms with Crippen LogP contribution in [0.15, 0.2) is 0 Å². The van der Waals surface area contributed by atoms with Crippen LogP contribution in [0.25, 0.3) is 0 Å². The molecule has 0 spiro atoms. The molecule has 3 nitrogen and oxygen atoms in total. The topological polar surface area (TPSA) is 27.3 Å². The normalized spacial score (nSPS) is 26.4. The summed E-state index contributed by atoms with van der Waals surface area (Å²) in [6, 6.07) is 0. The first-order valence-electron chi connectivity index (χ1n) is 6.59. The molecule has 2 saturated heterocycles. The van der Waals surface area contributed by atoms with E-state index in [0.29, 0.717) is 0 Å². The lowest BCUT2D eigenvalue weighted by atomic mass is 9.94. The molecular formula is C12H25N3. The van der Waals surface area contributed by atoms with Crippen LogP contribution < -0.4 is 10.6 Å². The highest BCUT2D eigenvalue weighted by molar-refractivity contribution is 4.72. The van der Waals surface area contributed by atoms with Crippen molar-refractivity contribution >= 4 is 0 Å². The highest BCUT2D eigenvalue weighted by Crippen LogP contribution is 2.16. The molecule has 0 bridgehead atoms. The first-order valence-corrected chi connectivity index (χ1v) is 6.59. The fourth-order valence-corrected chi connectivity index (χ4v) is 2.66. The average molecular weight is 211 g/mol. The van der Waals surface area contributed by atoms with Gasteiger partial charge in [0, 0.05) is 13.1 Å². The second-order valence-corrected chi connectivity index (χ2v) is 4.93. The van der Waals surface area contributed by atoms with Crippen LogP contribution in [0.2, 0.25) is 0 Å². The summed E-state index contributed by atoms with van der Waals surface area (Å²) >= 11 is 0. The maximum atomic E-state index is 3.46. The smallest absolute Gasteiger partial charge is 0.0107 e. The molecule has 0 aromatic rings. The van der Waals surface area contributed by atoms with Crippen molar-refractivity contribution in [2.45, 2.75) is 25.7 Å². The molecule has 0 radical (unpaired) electrons. The van der Waals surface area contributed by atoms with Gasteiger partial charge in [0.1, 0.15) is 0 Å². The van der Waals surface area contributed by atoms with Crippen molar-refractivity contribution in [3.63, 3.8) is 0 Å². The van der Waals surface area contributed by atoms with Crippen molar-refractivity contribution < 1.29 is 0 Å². The average Bonchev–Trinajstić information content (AvgIpc) is 2.56. The Hall–Kier alpha value is -0.120. The van der Waals surface area contributed by atoms with Gasteiger partial charge >= 0.3 is 0 Å². The van der Waals surface area contributed by atoms with Crippen molar-refractivity contribution in [2.75, 3.05) is 45.8 Å². The minimum atomic E-state index is 0.988. The van der Waals surface area contributed by atoms with Crippen molar-refractivity contribution in [2.24, 2.45) is 5.92 Å². The summed E-state index contributed by atoms with van der Waals surface area (Å²) in [6.45, 7) is 8.77. The highest BCUT2D eigenvalue weighted by Gasteiger charge is 2.15. The SMILES string of the molecule is C1CNCCN(CCC2CCNCC2)C1. The van der Waals surface area contributed by atoms with Gasteiger partial charge in [0.25, 0.3) is 0 Å². The standard InChI is InChI=1S/C12H25N3/c1-5-13-8-11-15(9-1)10-4-12-2-6-14-7-3-12/h12-14H,1-11H2. The summed E-state index contributed by atoms with van der Waals surface area (Å²) in [7, 11) is 0. The molecule has 3 heteroatoms. The molecule has 2 aliphatic rings. The second-order valence-electron chi connectivity index (χ2n) is 4.93. The molecule has 88 valence electrons. The van der Waals surface area contributed by atoms with Crippen LogP contribution in [-0.2, 0) is 0 Å². The number of hydrogen-bond acceptors (Lipinski definition) is 3. The van der Waals surface area contributed by atoms with Crippen molar-refractivity contribution in [1.82, 2.24) is 15.5 Å². The van der Waals surface area contributed by atoms with Crippen LogP contribution in [-0.4, -0.2) is 50.7 Å². The third-order valence-corrected chi connectivity index (χ3v) is 3.75. The van der Waals surface area contributed by atoms with Gasteiger partial charge in [0.05, 0.1) is 0 Å². The molecule has 0 aliphatic carbocycles. The number of nitrogens with zero attached hydrogens (tertiary/aromatic N) is 1. The van der Waals surface area contributed by atoms with E-state index in [9.17, 15) is 0 Å². The zero-order valence-corrected chi connectivity index (χ0v) is 9.80.